The van der Waals surface area contributed by atoms with Crippen LogP contribution in [-0.2, 0) is 4.79 Å². The summed E-state index contributed by atoms with van der Waals surface area (Å²) in [5.74, 6) is -2.26. The number of allylic oxidation sites excluding steroid dienone is 1. The predicted molar refractivity (Wildman–Crippen MR) is 58.6 cm³/mol. The van der Waals surface area contributed by atoms with Crippen molar-refractivity contribution >= 4 is 5.91 Å². The third-order valence-corrected chi connectivity index (χ3v) is 2.45. The van der Waals surface area contributed by atoms with Crippen molar-refractivity contribution < 1.29 is 18.0 Å². The van der Waals surface area contributed by atoms with Crippen molar-refractivity contribution in [2.24, 2.45) is 5.73 Å². The van der Waals surface area contributed by atoms with Gasteiger partial charge < -0.3 is 10.7 Å². The lowest BCUT2D eigenvalue weighted by Crippen LogP contribution is -2.37. The summed E-state index contributed by atoms with van der Waals surface area (Å²) in [6.45, 7) is 7.63. The number of hydrogen-bond donors (Lipinski definition) is 1. The smallest absolute Gasteiger partial charge is 0.362 e. The molecule has 1 unspecified atom stereocenters. The van der Waals surface area contributed by atoms with Gasteiger partial charge in [0.15, 0.2) is 0 Å². The molecule has 17 heavy (non-hydrogen) atoms. The summed E-state index contributed by atoms with van der Waals surface area (Å²) in [6.07, 6.45) is -2.58. The molecule has 0 fully saturated rings. The van der Waals surface area contributed by atoms with Crippen LogP contribution in [0.15, 0.2) is 11.8 Å². The minimum atomic E-state index is -4.86. The lowest BCUT2D eigenvalue weighted by atomic mass is 10.3. The van der Waals surface area contributed by atoms with Crippen LogP contribution in [0.5, 0.6) is 0 Å². The van der Waals surface area contributed by atoms with E-state index in [1.54, 1.807) is 0 Å². The number of amides is 1. The van der Waals surface area contributed by atoms with Crippen molar-refractivity contribution in [2.75, 3.05) is 13.6 Å². The molecule has 0 spiro atoms. The zero-order valence-electron chi connectivity index (χ0n) is 10.4. The lowest BCUT2D eigenvalue weighted by molar-refractivity contribution is -0.169. The van der Waals surface area contributed by atoms with E-state index in [0.717, 1.165) is 6.54 Å². The fraction of sp³-hybridized carbons (Fsp3) is 0.700. The highest BCUT2D eigenvalue weighted by Crippen LogP contribution is 2.18. The minimum Gasteiger partial charge on any atom is -0.362 e. The van der Waals surface area contributed by atoms with Gasteiger partial charge in [-0.05, 0) is 19.9 Å². The molecule has 100 valence electrons. The van der Waals surface area contributed by atoms with Crippen LogP contribution in [0.1, 0.15) is 20.8 Å². The van der Waals surface area contributed by atoms with E-state index in [4.69, 9.17) is 4.79 Å². The number of hydrogen-bond acceptors (Lipinski definition) is 3. The van der Waals surface area contributed by atoms with Gasteiger partial charge in [0.05, 0.1) is 0 Å². The molecule has 0 aromatic heterocycles. The van der Waals surface area contributed by atoms with Gasteiger partial charge in [0.25, 0.3) is 0 Å². The lowest BCUT2D eigenvalue weighted by Gasteiger charge is -2.29. The number of carbonyl (C=O) groups excluding carboxylic acids is 1. The molecule has 1 rings (SSSR count). The molecule has 1 amide bonds. The van der Waals surface area contributed by atoms with Crippen LogP contribution in [-0.4, -0.2) is 41.7 Å². The molecule has 2 N–H and O–H groups in total. The van der Waals surface area contributed by atoms with Gasteiger partial charge in [-0.2, -0.15) is 13.2 Å². The molecule has 1 heterocycles. The Hall–Kier alpha value is -1.24. The fourth-order valence-corrected chi connectivity index (χ4v) is 1.52. The van der Waals surface area contributed by atoms with Crippen molar-refractivity contribution in [1.29, 1.82) is 0 Å². The van der Waals surface area contributed by atoms with E-state index >= 15 is 0 Å². The second-order valence-electron chi connectivity index (χ2n) is 3.69. The molecule has 0 radical (unpaired) electrons. The normalized spacial score (nSPS) is 20.8. The average molecular weight is 253 g/mol. The van der Waals surface area contributed by atoms with E-state index in [2.05, 4.69) is 49.6 Å². The van der Waals surface area contributed by atoms with Crippen LogP contribution in [0.3, 0.4) is 0 Å². The van der Waals surface area contributed by atoms with E-state index in [0.29, 0.717) is 6.04 Å². The Morgan fingerprint density at radius 3 is 2.06 bits per heavy atom. The summed E-state index contributed by atoms with van der Waals surface area (Å²) in [7, 11) is 2.11. The van der Waals surface area contributed by atoms with E-state index in [1.165, 1.54) is 5.70 Å². The number of carbonyl (C=O) groups is 1. The molecule has 0 bridgehead atoms. The average Bonchev–Trinajstić information content (AvgIpc) is 2.40. The second-order valence-corrected chi connectivity index (χ2v) is 3.69. The number of hydrazine groups is 1. The Balaban J connectivity index is 0.000000325. The highest BCUT2D eigenvalue weighted by Gasteiger charge is 2.35. The topological polar surface area (TPSA) is 49.6 Å². The Morgan fingerprint density at radius 1 is 1.53 bits per heavy atom. The largest absolute Gasteiger partial charge is 0.470 e. The van der Waals surface area contributed by atoms with Gasteiger partial charge in [-0.3, -0.25) is 4.79 Å². The van der Waals surface area contributed by atoms with Crippen molar-refractivity contribution in [3.8, 4) is 0 Å². The highest BCUT2D eigenvalue weighted by molar-refractivity contribution is 5.79. The van der Waals surface area contributed by atoms with Gasteiger partial charge in [0.2, 0.25) is 0 Å². The third-order valence-electron chi connectivity index (χ3n) is 2.45. The van der Waals surface area contributed by atoms with Crippen molar-refractivity contribution in [3.63, 3.8) is 0 Å². The number of rotatable bonds is 1. The number of nitrogens with two attached hydrogens (primary N) is 1. The number of likely N-dealkylation sites (N-methyl/N-ethyl adjacent to an activating group) is 1. The van der Waals surface area contributed by atoms with Gasteiger partial charge in [0, 0.05) is 25.3 Å². The van der Waals surface area contributed by atoms with Crippen molar-refractivity contribution in [3.05, 3.63) is 11.8 Å². The van der Waals surface area contributed by atoms with Crippen LogP contribution in [0.25, 0.3) is 0 Å². The van der Waals surface area contributed by atoms with Gasteiger partial charge in [-0.15, -0.1) is 0 Å². The second kappa shape index (κ2) is 5.90. The molecule has 1 aliphatic rings. The summed E-state index contributed by atoms with van der Waals surface area (Å²) >= 11 is 0. The maximum Gasteiger partial charge on any atom is 0.470 e. The maximum atomic E-state index is 10.7. The van der Waals surface area contributed by atoms with Crippen LogP contribution in [0, 0.1) is 0 Å². The number of halogens is 3. The molecule has 1 aliphatic heterocycles. The fourth-order valence-electron chi connectivity index (χ4n) is 1.52. The Bertz CT molecular complexity index is 302. The van der Waals surface area contributed by atoms with E-state index in [-0.39, 0.29) is 0 Å². The summed E-state index contributed by atoms with van der Waals surface area (Å²) in [5, 5.41) is 4.54. The summed E-state index contributed by atoms with van der Waals surface area (Å²) in [6, 6.07) is 0.579. The van der Waals surface area contributed by atoms with E-state index in [9.17, 15) is 13.2 Å². The first kappa shape index (κ1) is 15.8. The Labute approximate surface area is 98.8 Å². The quantitative estimate of drug-likeness (QED) is 0.770. The molecule has 0 saturated heterocycles. The monoisotopic (exact) mass is 253 g/mol. The van der Waals surface area contributed by atoms with Crippen molar-refractivity contribution in [2.45, 2.75) is 33.0 Å². The molecule has 0 aromatic carbocycles. The van der Waals surface area contributed by atoms with E-state index < -0.39 is 12.1 Å². The molecule has 4 nitrogen and oxygen atoms in total. The van der Waals surface area contributed by atoms with Crippen LogP contribution in [0.4, 0.5) is 13.2 Å². The first-order valence-corrected chi connectivity index (χ1v) is 5.16. The predicted octanol–water partition coefficient (Wildman–Crippen LogP) is 1.49. The molecule has 0 aromatic rings. The first-order valence-electron chi connectivity index (χ1n) is 5.16. The Morgan fingerprint density at radius 2 is 1.94 bits per heavy atom. The first-order chi connectivity index (χ1) is 7.61. The zero-order chi connectivity index (χ0) is 13.8. The highest BCUT2D eigenvalue weighted by atomic mass is 19.4. The zero-order valence-corrected chi connectivity index (χ0v) is 10.4. The summed E-state index contributed by atoms with van der Waals surface area (Å²) in [5.41, 5.74) is 5.16. The van der Waals surface area contributed by atoms with E-state index in [1.807, 2.05) is 0 Å². The number of primary amides is 1. The van der Waals surface area contributed by atoms with Crippen LogP contribution in [0.2, 0.25) is 0 Å². The standard InChI is InChI=1S/C8H16N2.C2H2F3NO/c1-5-10-8(3)6-7(2)9(10)4;3-2(4,5)1(6)7/h6,8H,5H2,1-4H3;(H2,6,7). The molecular formula is C10H18F3N3O. The van der Waals surface area contributed by atoms with Gasteiger partial charge >= 0.3 is 12.1 Å². The maximum absolute atomic E-state index is 10.7. The third kappa shape index (κ3) is 4.64. The molecular weight excluding hydrogens is 235 g/mol. The molecule has 1 atom stereocenters. The summed E-state index contributed by atoms with van der Waals surface area (Å²) in [4.78, 5) is 9.12. The Kier molecular flexibility index (Phi) is 5.47. The van der Waals surface area contributed by atoms with Crippen molar-refractivity contribution in [1.82, 2.24) is 10.0 Å². The van der Waals surface area contributed by atoms with Gasteiger partial charge in [-0.1, -0.05) is 6.92 Å². The minimum absolute atomic E-state index is 0.579. The number of nitrogens with zero attached hydrogens (tertiary/aromatic N) is 2. The summed E-state index contributed by atoms with van der Waals surface area (Å²) < 4.78 is 32.1. The molecule has 0 aliphatic carbocycles. The van der Waals surface area contributed by atoms with Gasteiger partial charge in [-0.25, -0.2) is 5.01 Å². The molecule has 0 saturated carbocycles. The van der Waals surface area contributed by atoms with Crippen LogP contribution < -0.4 is 5.73 Å². The van der Waals surface area contributed by atoms with Gasteiger partial charge in [0.1, 0.15) is 0 Å². The number of alkyl halides is 3. The van der Waals surface area contributed by atoms with Crippen LogP contribution >= 0.6 is 0 Å². The molecule has 7 heteroatoms. The SMILES string of the molecule is CCN1C(C)C=C(C)N1C.NC(=O)C(F)(F)F.